The van der Waals surface area contributed by atoms with Gasteiger partial charge in [-0.15, -0.1) is 0 Å². The minimum atomic E-state index is -2.46. The van der Waals surface area contributed by atoms with Crippen LogP contribution in [-0.2, 0) is 22.8 Å². The Morgan fingerprint density at radius 3 is 2.24 bits per heavy atom. The first-order chi connectivity index (χ1) is 10.1. The maximum atomic E-state index is 11.3. The van der Waals surface area contributed by atoms with E-state index in [-0.39, 0.29) is 5.97 Å². The lowest BCUT2D eigenvalue weighted by molar-refractivity contribution is -0.143. The van der Waals surface area contributed by atoms with Gasteiger partial charge in [0.25, 0.3) is 0 Å². The molecule has 0 amide bonds. The Balaban J connectivity index is 3.93. The van der Waals surface area contributed by atoms with Gasteiger partial charge in [0.1, 0.15) is 0 Å². The highest BCUT2D eigenvalue weighted by Crippen LogP contribution is 2.14. The van der Waals surface area contributed by atoms with Crippen LogP contribution in [-0.4, -0.2) is 55.3 Å². The van der Waals surface area contributed by atoms with Gasteiger partial charge in [-0.2, -0.15) is 0 Å². The van der Waals surface area contributed by atoms with Crippen LogP contribution in [0.1, 0.15) is 39.5 Å². The summed E-state index contributed by atoms with van der Waals surface area (Å²) < 4.78 is 21.1. The number of carbonyl (C=O) groups is 1. The number of nitrogens with one attached hydrogen (secondary N) is 1. The third-order valence-electron chi connectivity index (χ3n) is 3.52. The van der Waals surface area contributed by atoms with E-state index in [9.17, 15) is 4.79 Å². The van der Waals surface area contributed by atoms with Crippen molar-refractivity contribution >= 4 is 14.8 Å². The summed E-state index contributed by atoms with van der Waals surface area (Å²) in [5.41, 5.74) is 0. The number of rotatable bonds is 13. The summed E-state index contributed by atoms with van der Waals surface area (Å²) in [5, 5.41) is 3.46. The average Bonchev–Trinajstić information content (AvgIpc) is 2.51. The van der Waals surface area contributed by atoms with E-state index >= 15 is 0 Å². The summed E-state index contributed by atoms with van der Waals surface area (Å²) in [6.07, 6.45) is 3.17. The van der Waals surface area contributed by atoms with Crippen LogP contribution in [0.5, 0.6) is 0 Å². The third kappa shape index (κ3) is 8.52. The molecule has 21 heavy (non-hydrogen) atoms. The largest absolute Gasteiger partial charge is 0.500 e. The van der Waals surface area contributed by atoms with E-state index in [2.05, 4.69) is 12.2 Å². The van der Waals surface area contributed by atoms with Crippen molar-refractivity contribution in [2.45, 2.75) is 51.6 Å². The van der Waals surface area contributed by atoms with Crippen molar-refractivity contribution in [3.05, 3.63) is 0 Å². The van der Waals surface area contributed by atoms with Crippen LogP contribution in [0.4, 0.5) is 0 Å². The molecule has 0 aromatic carbocycles. The van der Waals surface area contributed by atoms with Crippen LogP contribution in [0.15, 0.2) is 0 Å². The second kappa shape index (κ2) is 12.1. The Labute approximate surface area is 129 Å². The van der Waals surface area contributed by atoms with Gasteiger partial charge in [0.05, 0.1) is 6.61 Å². The molecule has 1 atom stereocenters. The second-order valence-electron chi connectivity index (χ2n) is 4.80. The van der Waals surface area contributed by atoms with E-state index in [1.165, 1.54) is 0 Å². The molecule has 0 rings (SSSR count). The van der Waals surface area contributed by atoms with E-state index in [4.69, 9.17) is 18.0 Å². The zero-order valence-corrected chi connectivity index (χ0v) is 15.1. The molecule has 0 aliphatic heterocycles. The van der Waals surface area contributed by atoms with Gasteiger partial charge in [-0.3, -0.25) is 4.79 Å². The van der Waals surface area contributed by atoms with Gasteiger partial charge in [-0.05, 0) is 32.7 Å². The molecule has 0 saturated carbocycles. The number of hydrogen-bond acceptors (Lipinski definition) is 6. The van der Waals surface area contributed by atoms with Crippen molar-refractivity contribution in [1.29, 1.82) is 0 Å². The zero-order chi connectivity index (χ0) is 16.1. The quantitative estimate of drug-likeness (QED) is 0.318. The molecule has 0 saturated heterocycles. The highest BCUT2D eigenvalue weighted by Gasteiger charge is 2.36. The molecule has 7 heteroatoms. The first-order valence-corrected chi connectivity index (χ1v) is 9.55. The van der Waals surface area contributed by atoms with Gasteiger partial charge >= 0.3 is 14.8 Å². The maximum Gasteiger partial charge on any atom is 0.500 e. The molecule has 126 valence electrons. The molecule has 0 fully saturated rings. The molecule has 0 aliphatic rings. The summed E-state index contributed by atoms with van der Waals surface area (Å²) in [6, 6.07) is 1.11. The number of carbonyl (C=O) groups excluding carboxylic acids is 1. The molecule has 0 aromatic rings. The molecule has 0 spiro atoms. The fourth-order valence-corrected chi connectivity index (χ4v) is 3.87. The summed E-state index contributed by atoms with van der Waals surface area (Å²) in [5.74, 6) is -0.123. The standard InChI is InChI=1S/C14H31NO5Si/c1-6-13(9-10-14(16)20-7-2)15-11-8-12-21(17-3,18-4)19-5/h13,15H,6-12H2,1-5H3. The van der Waals surface area contributed by atoms with Crippen molar-refractivity contribution in [3.63, 3.8) is 0 Å². The van der Waals surface area contributed by atoms with Gasteiger partial charge in [-0.1, -0.05) is 6.92 Å². The van der Waals surface area contributed by atoms with Crippen molar-refractivity contribution in [2.75, 3.05) is 34.5 Å². The van der Waals surface area contributed by atoms with Crippen molar-refractivity contribution in [2.24, 2.45) is 0 Å². The van der Waals surface area contributed by atoms with Crippen LogP contribution in [0.2, 0.25) is 6.04 Å². The predicted molar refractivity (Wildman–Crippen MR) is 84.2 cm³/mol. The summed E-state index contributed by atoms with van der Waals surface area (Å²) in [4.78, 5) is 11.3. The van der Waals surface area contributed by atoms with Crippen LogP contribution in [0.3, 0.4) is 0 Å². The minimum absolute atomic E-state index is 0.123. The van der Waals surface area contributed by atoms with Crippen molar-refractivity contribution < 1.29 is 22.8 Å². The molecule has 0 radical (unpaired) electrons. The van der Waals surface area contributed by atoms with Crippen LogP contribution in [0.25, 0.3) is 0 Å². The van der Waals surface area contributed by atoms with E-state index < -0.39 is 8.80 Å². The first kappa shape index (κ1) is 20.5. The molecule has 1 N–H and O–H groups in total. The topological polar surface area (TPSA) is 66.0 Å². The second-order valence-corrected chi connectivity index (χ2v) is 7.89. The summed E-state index contributed by atoms with van der Waals surface area (Å²) in [6.45, 7) is 5.24. The predicted octanol–water partition coefficient (Wildman–Crippen LogP) is 1.97. The molecule has 0 heterocycles. The lowest BCUT2D eigenvalue weighted by Gasteiger charge is -2.24. The van der Waals surface area contributed by atoms with Gasteiger partial charge in [0.2, 0.25) is 0 Å². The van der Waals surface area contributed by atoms with Crippen LogP contribution < -0.4 is 5.32 Å². The lowest BCUT2D eigenvalue weighted by atomic mass is 10.1. The normalized spacial score (nSPS) is 13.2. The fraction of sp³-hybridized carbons (Fsp3) is 0.929. The lowest BCUT2D eigenvalue weighted by Crippen LogP contribution is -2.43. The smallest absolute Gasteiger partial charge is 0.466 e. The molecular weight excluding hydrogens is 290 g/mol. The van der Waals surface area contributed by atoms with E-state index in [1.54, 1.807) is 21.3 Å². The Morgan fingerprint density at radius 2 is 1.76 bits per heavy atom. The number of esters is 1. The average molecular weight is 321 g/mol. The Hall–Kier alpha value is -0.473. The summed E-state index contributed by atoms with van der Waals surface area (Å²) in [7, 11) is 2.42. The maximum absolute atomic E-state index is 11.3. The van der Waals surface area contributed by atoms with Gasteiger partial charge in [0.15, 0.2) is 0 Å². The van der Waals surface area contributed by atoms with Gasteiger partial charge < -0.3 is 23.3 Å². The van der Waals surface area contributed by atoms with E-state index in [1.807, 2.05) is 6.92 Å². The van der Waals surface area contributed by atoms with E-state index in [0.29, 0.717) is 19.1 Å². The van der Waals surface area contributed by atoms with Crippen LogP contribution >= 0.6 is 0 Å². The van der Waals surface area contributed by atoms with Crippen molar-refractivity contribution in [1.82, 2.24) is 5.32 Å². The number of ether oxygens (including phenoxy) is 1. The summed E-state index contributed by atoms with van der Waals surface area (Å²) >= 11 is 0. The van der Waals surface area contributed by atoms with E-state index in [0.717, 1.165) is 31.9 Å². The van der Waals surface area contributed by atoms with Gasteiger partial charge in [0, 0.05) is 39.8 Å². The molecule has 1 unspecified atom stereocenters. The molecule has 0 bridgehead atoms. The fourth-order valence-electron chi connectivity index (χ4n) is 2.14. The number of hydrogen-bond donors (Lipinski definition) is 1. The van der Waals surface area contributed by atoms with Crippen LogP contribution in [0, 0.1) is 0 Å². The van der Waals surface area contributed by atoms with Gasteiger partial charge in [-0.25, -0.2) is 0 Å². The molecule has 0 aliphatic carbocycles. The highest BCUT2D eigenvalue weighted by molar-refractivity contribution is 6.60. The SMILES string of the molecule is CCOC(=O)CCC(CC)NCCC[Si](OC)(OC)OC. The highest BCUT2D eigenvalue weighted by atomic mass is 28.4. The molecule has 6 nitrogen and oxygen atoms in total. The zero-order valence-electron chi connectivity index (χ0n) is 14.1. The Bertz CT molecular complexity index is 266. The first-order valence-electron chi connectivity index (χ1n) is 7.61. The Morgan fingerprint density at radius 1 is 1.14 bits per heavy atom. The minimum Gasteiger partial charge on any atom is -0.466 e. The molecular formula is C14H31NO5Si. The Kier molecular flexibility index (Phi) is 11.8. The van der Waals surface area contributed by atoms with Crippen molar-refractivity contribution in [3.8, 4) is 0 Å². The monoisotopic (exact) mass is 321 g/mol. The molecule has 0 aromatic heterocycles. The third-order valence-corrected chi connectivity index (χ3v) is 6.35.